The first-order chi connectivity index (χ1) is 21.1. The Morgan fingerprint density at radius 2 is 1.16 bits per heavy atom. The normalized spacial score (nSPS) is 12.4. The summed E-state index contributed by atoms with van der Waals surface area (Å²) in [5.41, 5.74) is -0.970. The van der Waals surface area contributed by atoms with Crippen LogP contribution < -0.4 is 21.2 Å². The summed E-state index contributed by atoms with van der Waals surface area (Å²) in [5.74, 6) is -0.821. The molecule has 44 heavy (non-hydrogen) atoms. The van der Waals surface area contributed by atoms with Crippen LogP contribution in [0.2, 0.25) is 10.0 Å². The minimum absolute atomic E-state index is 0.126. The van der Waals surface area contributed by atoms with E-state index < -0.39 is 24.9 Å². The van der Waals surface area contributed by atoms with Gasteiger partial charge in [0.1, 0.15) is 20.3 Å². The Morgan fingerprint density at radius 3 is 1.61 bits per heavy atom. The van der Waals surface area contributed by atoms with Crippen molar-refractivity contribution in [1.82, 2.24) is 5.32 Å². The lowest BCUT2D eigenvalue weighted by atomic mass is 10.1. The van der Waals surface area contributed by atoms with Crippen molar-refractivity contribution in [3.63, 3.8) is 0 Å². The molecular weight excluding hydrogens is 665 g/mol. The molecule has 0 aliphatic heterocycles. The minimum Gasteiger partial charge on any atom is -0.290 e. The van der Waals surface area contributed by atoms with E-state index in [4.69, 9.17) is 34.8 Å². The summed E-state index contributed by atoms with van der Waals surface area (Å²) in [6, 6.07) is 38.6. The average Bonchev–Trinajstić information content (AvgIpc) is 3.03. The number of carbonyl (C=O) groups excluding carboxylic acids is 1. The van der Waals surface area contributed by atoms with Crippen LogP contribution in [0.15, 0.2) is 148 Å². The molecule has 0 aliphatic rings. The van der Waals surface area contributed by atoms with E-state index in [2.05, 4.69) is 5.32 Å². The number of amides is 1. The summed E-state index contributed by atoms with van der Waals surface area (Å²) < 4.78 is 41.2. The highest BCUT2D eigenvalue weighted by molar-refractivity contribution is 8.06. The molecule has 0 saturated carbocycles. The molecule has 0 unspecified atom stereocenters. The fraction of sp³-hybridized carbons (Fsp3) is 0.0294. The zero-order chi connectivity index (χ0) is 31.3. The number of alkyl halides is 3. The molecule has 1 amide bonds. The standard InChI is InChI=1S/C34H22Cl3F3NOPS/c35-24-17-19-28(20-18-24)44-31(37)33(41-32(42)29-22-23(34(38,39)40)16-21-30(29)36)43(25-10-4-1-5-11-25,26-12-6-2-7-13-26)27-14-8-3-9-15-27/h1-22H/p+1/b33-31+. The van der Waals surface area contributed by atoms with Crippen LogP contribution in [0, 0.1) is 0 Å². The van der Waals surface area contributed by atoms with Gasteiger partial charge in [-0.2, -0.15) is 13.2 Å². The number of nitrogens with one attached hydrogen (secondary N) is 1. The monoisotopic (exact) mass is 686 g/mol. The summed E-state index contributed by atoms with van der Waals surface area (Å²) in [7, 11) is -3.00. The third-order valence-electron chi connectivity index (χ3n) is 6.74. The average molecular weight is 688 g/mol. The van der Waals surface area contributed by atoms with Gasteiger partial charge in [0.05, 0.1) is 16.1 Å². The molecule has 5 rings (SSSR count). The zero-order valence-electron chi connectivity index (χ0n) is 22.7. The predicted molar refractivity (Wildman–Crippen MR) is 179 cm³/mol. The summed E-state index contributed by atoms with van der Waals surface area (Å²) in [5, 5.41) is 6.02. The van der Waals surface area contributed by atoms with Crippen LogP contribution in [0.3, 0.4) is 0 Å². The van der Waals surface area contributed by atoms with Gasteiger partial charge in [0.15, 0.2) is 7.26 Å². The van der Waals surface area contributed by atoms with Crippen molar-refractivity contribution in [1.29, 1.82) is 0 Å². The minimum atomic E-state index is -4.67. The van der Waals surface area contributed by atoms with Crippen molar-refractivity contribution in [2.45, 2.75) is 11.1 Å². The van der Waals surface area contributed by atoms with Gasteiger partial charge < -0.3 is 0 Å². The van der Waals surface area contributed by atoms with Gasteiger partial charge in [0.2, 0.25) is 5.44 Å². The van der Waals surface area contributed by atoms with E-state index in [0.717, 1.165) is 39.0 Å². The molecule has 2 nitrogen and oxygen atoms in total. The van der Waals surface area contributed by atoms with E-state index in [0.29, 0.717) is 10.5 Å². The first-order valence-electron chi connectivity index (χ1n) is 13.2. The largest absolute Gasteiger partial charge is 0.416 e. The number of hydrogen-bond donors (Lipinski definition) is 1. The second kappa shape index (κ2) is 13.8. The van der Waals surface area contributed by atoms with E-state index in [1.165, 1.54) is 11.8 Å². The number of hydrogen-bond acceptors (Lipinski definition) is 2. The summed E-state index contributed by atoms with van der Waals surface area (Å²) >= 11 is 20.9. The van der Waals surface area contributed by atoms with Crippen LogP contribution in [-0.4, -0.2) is 5.91 Å². The fourth-order valence-corrected chi connectivity index (χ4v) is 11.0. The molecule has 222 valence electrons. The molecule has 10 heteroatoms. The quantitative estimate of drug-likeness (QED) is 0.130. The van der Waals surface area contributed by atoms with Crippen LogP contribution in [0.1, 0.15) is 15.9 Å². The number of rotatable bonds is 8. The molecular formula is C34H23Cl3F3NOPS+. The van der Waals surface area contributed by atoms with Gasteiger partial charge in [0.25, 0.3) is 5.91 Å². The lowest BCUT2D eigenvalue weighted by Gasteiger charge is -2.30. The van der Waals surface area contributed by atoms with Crippen LogP contribution >= 0.6 is 53.8 Å². The molecule has 0 heterocycles. The maximum Gasteiger partial charge on any atom is 0.416 e. The third-order valence-corrected chi connectivity index (χ3v) is 13.1. The maximum absolute atomic E-state index is 14.0. The van der Waals surface area contributed by atoms with Crippen LogP contribution in [-0.2, 0) is 6.18 Å². The SMILES string of the molecule is O=C(N/C(=C(/Cl)Sc1ccc(Cl)cc1)[P+](c1ccccc1)(c1ccccc1)c1ccccc1)c1cc(C(F)(F)F)ccc1Cl. The lowest BCUT2D eigenvalue weighted by molar-refractivity contribution is -0.137. The van der Waals surface area contributed by atoms with Gasteiger partial charge in [-0.25, -0.2) is 0 Å². The Kier molecular flexibility index (Phi) is 10.1. The summed E-state index contributed by atoms with van der Waals surface area (Å²) in [6.45, 7) is 0. The Balaban J connectivity index is 1.81. The van der Waals surface area contributed by atoms with E-state index in [9.17, 15) is 18.0 Å². The van der Waals surface area contributed by atoms with Crippen LogP contribution in [0.4, 0.5) is 13.2 Å². The first kappa shape index (κ1) is 32.2. The van der Waals surface area contributed by atoms with Gasteiger partial charge >= 0.3 is 6.18 Å². The number of carbonyl (C=O) groups is 1. The lowest BCUT2D eigenvalue weighted by Crippen LogP contribution is -2.38. The first-order valence-corrected chi connectivity index (χ1v) is 16.9. The van der Waals surface area contributed by atoms with E-state index in [1.54, 1.807) is 24.3 Å². The van der Waals surface area contributed by atoms with Crippen LogP contribution in [0.5, 0.6) is 0 Å². The molecule has 1 N–H and O–H groups in total. The molecule has 0 bridgehead atoms. The fourth-order valence-electron chi connectivity index (χ4n) is 4.76. The maximum atomic E-state index is 14.0. The second-order valence-electron chi connectivity index (χ2n) is 9.50. The van der Waals surface area contributed by atoms with Gasteiger partial charge in [-0.05, 0) is 78.9 Å². The van der Waals surface area contributed by atoms with Crippen molar-refractivity contribution in [2.75, 3.05) is 0 Å². The van der Waals surface area contributed by atoms with Crippen LogP contribution in [0.25, 0.3) is 0 Å². The van der Waals surface area contributed by atoms with Crippen molar-refractivity contribution < 1.29 is 18.0 Å². The number of halogens is 6. The molecule has 0 aromatic heterocycles. The number of thioether (sulfide) groups is 1. The van der Waals surface area contributed by atoms with E-state index >= 15 is 0 Å². The summed E-state index contributed by atoms with van der Waals surface area (Å²) in [4.78, 5) is 14.8. The highest BCUT2D eigenvalue weighted by Gasteiger charge is 2.52. The number of benzene rings is 5. The van der Waals surface area contributed by atoms with E-state index in [-0.39, 0.29) is 15.0 Å². The molecule has 5 aromatic rings. The van der Waals surface area contributed by atoms with Crippen molar-refractivity contribution in [3.05, 3.63) is 164 Å². The molecule has 0 atom stereocenters. The van der Waals surface area contributed by atoms with Gasteiger partial charge in [-0.3, -0.25) is 10.1 Å². The predicted octanol–water partition coefficient (Wildman–Crippen LogP) is 9.89. The Labute approximate surface area is 273 Å². The smallest absolute Gasteiger partial charge is 0.290 e. The van der Waals surface area contributed by atoms with Crippen molar-refractivity contribution >= 4 is 75.6 Å². The van der Waals surface area contributed by atoms with Gasteiger partial charge in [0, 0.05) is 9.92 Å². The molecule has 5 aromatic carbocycles. The van der Waals surface area contributed by atoms with Gasteiger partial charge in [-0.15, -0.1) is 0 Å². The topological polar surface area (TPSA) is 29.1 Å². The van der Waals surface area contributed by atoms with Crippen molar-refractivity contribution in [2.24, 2.45) is 0 Å². The van der Waals surface area contributed by atoms with Gasteiger partial charge in [-0.1, -0.05) is 101 Å². The highest BCUT2D eigenvalue weighted by Crippen LogP contribution is 2.64. The highest BCUT2D eigenvalue weighted by atomic mass is 35.5. The Hall–Kier alpha value is -3.25. The molecule has 0 fully saturated rings. The zero-order valence-corrected chi connectivity index (χ0v) is 26.7. The molecule has 0 spiro atoms. The third kappa shape index (κ3) is 6.86. The molecule has 0 saturated heterocycles. The second-order valence-corrected chi connectivity index (χ2v) is 15.4. The molecule has 0 aliphatic carbocycles. The molecule has 0 radical (unpaired) electrons. The Morgan fingerprint density at radius 1 is 0.682 bits per heavy atom. The summed E-state index contributed by atoms with van der Waals surface area (Å²) in [6.07, 6.45) is -4.67. The Bertz CT molecular complexity index is 1690. The van der Waals surface area contributed by atoms with Crippen molar-refractivity contribution in [3.8, 4) is 0 Å². The van der Waals surface area contributed by atoms with E-state index in [1.807, 2.05) is 91.0 Å².